The summed E-state index contributed by atoms with van der Waals surface area (Å²) in [6.45, 7) is 2.43. The molecule has 3 rings (SSSR count). The van der Waals surface area contributed by atoms with E-state index >= 15 is 0 Å². The van der Waals surface area contributed by atoms with Crippen LogP contribution in [0.1, 0.15) is 35.7 Å². The highest BCUT2D eigenvalue weighted by molar-refractivity contribution is 6.31. The molecule has 12 heteroatoms. The van der Waals surface area contributed by atoms with Crippen molar-refractivity contribution in [2.24, 2.45) is 0 Å². The van der Waals surface area contributed by atoms with Gasteiger partial charge in [-0.15, -0.1) is 0 Å². The van der Waals surface area contributed by atoms with E-state index in [1.165, 1.54) is 17.0 Å². The van der Waals surface area contributed by atoms with Gasteiger partial charge in [-0.3, -0.25) is 4.79 Å². The van der Waals surface area contributed by atoms with Crippen molar-refractivity contribution in [3.63, 3.8) is 0 Å². The molecule has 0 fully saturated rings. The standard InChI is InChI=1S/C18H17ClF4N4O3/c1-8-5-14-11(15(30-26-14)16(28)24-9(2)18(21,22)23)7-27(8)17(29)25-10-3-4-13(20)12(19)6-10/h3-4,6,8-9H,5,7H2,1-2H3,(H,24,28)(H,25,29)/t8?,9-/m1/s1. The Morgan fingerprint density at radius 2 is 2.07 bits per heavy atom. The van der Waals surface area contributed by atoms with Gasteiger partial charge in [-0.1, -0.05) is 16.8 Å². The molecule has 0 spiro atoms. The molecule has 1 aliphatic rings. The summed E-state index contributed by atoms with van der Waals surface area (Å²) >= 11 is 5.71. The number of nitrogens with zero attached hydrogens (tertiary/aromatic N) is 2. The highest BCUT2D eigenvalue weighted by Gasteiger charge is 2.39. The van der Waals surface area contributed by atoms with Gasteiger partial charge in [-0.25, -0.2) is 9.18 Å². The Balaban J connectivity index is 1.77. The lowest BCUT2D eigenvalue weighted by Gasteiger charge is -2.32. The minimum Gasteiger partial charge on any atom is -0.350 e. The molecular formula is C18H17ClF4N4O3. The number of hydrogen-bond donors (Lipinski definition) is 2. The zero-order chi connectivity index (χ0) is 22.2. The number of benzene rings is 1. The van der Waals surface area contributed by atoms with E-state index in [1.807, 2.05) is 5.32 Å². The largest absolute Gasteiger partial charge is 0.408 e. The molecule has 1 unspecified atom stereocenters. The van der Waals surface area contributed by atoms with Gasteiger partial charge in [0.25, 0.3) is 5.91 Å². The number of halogens is 5. The maximum atomic E-state index is 13.3. The molecule has 0 saturated heterocycles. The summed E-state index contributed by atoms with van der Waals surface area (Å²) in [5.74, 6) is -2.09. The van der Waals surface area contributed by atoms with E-state index in [1.54, 1.807) is 6.92 Å². The van der Waals surface area contributed by atoms with E-state index in [9.17, 15) is 27.2 Å². The van der Waals surface area contributed by atoms with Crippen LogP contribution in [0.4, 0.5) is 28.0 Å². The smallest absolute Gasteiger partial charge is 0.350 e. The van der Waals surface area contributed by atoms with Crippen molar-refractivity contribution in [3.8, 4) is 0 Å². The van der Waals surface area contributed by atoms with Gasteiger partial charge in [0, 0.05) is 23.7 Å². The molecule has 2 heterocycles. The summed E-state index contributed by atoms with van der Waals surface area (Å²) in [4.78, 5) is 26.3. The summed E-state index contributed by atoms with van der Waals surface area (Å²) in [6.07, 6.45) is -4.38. The molecule has 30 heavy (non-hydrogen) atoms. The molecular weight excluding hydrogens is 432 g/mol. The zero-order valence-electron chi connectivity index (χ0n) is 15.8. The fourth-order valence-corrected chi connectivity index (χ4v) is 3.13. The van der Waals surface area contributed by atoms with E-state index < -0.39 is 30.0 Å². The molecule has 1 aliphatic heterocycles. The van der Waals surface area contributed by atoms with Crippen molar-refractivity contribution in [2.75, 3.05) is 5.32 Å². The lowest BCUT2D eigenvalue weighted by Crippen LogP contribution is -2.46. The molecule has 1 aromatic carbocycles. The fraction of sp³-hybridized carbons (Fsp3) is 0.389. The Hall–Kier alpha value is -2.82. The second-order valence-electron chi connectivity index (χ2n) is 6.91. The molecule has 2 N–H and O–H groups in total. The Kier molecular flexibility index (Phi) is 5.93. The molecule has 1 aromatic heterocycles. The first-order chi connectivity index (χ1) is 14.0. The predicted octanol–water partition coefficient (Wildman–Crippen LogP) is 4.13. The third kappa shape index (κ3) is 4.50. The highest BCUT2D eigenvalue weighted by atomic mass is 35.5. The Bertz CT molecular complexity index is 979. The first-order valence-electron chi connectivity index (χ1n) is 8.85. The van der Waals surface area contributed by atoms with Crippen molar-refractivity contribution < 1.29 is 31.7 Å². The SMILES string of the molecule is CC1Cc2noc(C(=O)N[C@H](C)C(F)(F)F)c2CN1C(=O)Nc1ccc(F)c(Cl)c1. The van der Waals surface area contributed by atoms with Crippen LogP contribution in [0.25, 0.3) is 0 Å². The fourth-order valence-electron chi connectivity index (χ4n) is 2.95. The normalized spacial score (nSPS) is 17.3. The Labute approximate surface area is 173 Å². The highest BCUT2D eigenvalue weighted by Crippen LogP contribution is 2.28. The number of anilines is 1. The Morgan fingerprint density at radius 1 is 1.37 bits per heavy atom. The van der Waals surface area contributed by atoms with Crippen molar-refractivity contribution in [2.45, 2.75) is 45.1 Å². The van der Waals surface area contributed by atoms with Gasteiger partial charge >= 0.3 is 12.2 Å². The van der Waals surface area contributed by atoms with Crippen LogP contribution in [-0.2, 0) is 13.0 Å². The summed E-state index contributed by atoms with van der Waals surface area (Å²) in [6, 6.07) is 0.674. The Morgan fingerprint density at radius 3 is 2.70 bits per heavy atom. The van der Waals surface area contributed by atoms with Crippen molar-refractivity contribution in [1.82, 2.24) is 15.4 Å². The van der Waals surface area contributed by atoms with Crippen LogP contribution in [0.5, 0.6) is 0 Å². The second kappa shape index (κ2) is 8.13. The molecule has 2 atom stereocenters. The maximum absolute atomic E-state index is 13.3. The minimum atomic E-state index is -4.62. The number of carbonyl (C=O) groups is 2. The molecule has 2 aromatic rings. The number of amides is 3. The van der Waals surface area contributed by atoms with Crippen molar-refractivity contribution >= 4 is 29.2 Å². The molecule has 0 aliphatic carbocycles. The van der Waals surface area contributed by atoms with Crippen LogP contribution in [0.3, 0.4) is 0 Å². The number of alkyl halides is 3. The van der Waals surface area contributed by atoms with Gasteiger partial charge in [0.05, 0.1) is 17.3 Å². The van der Waals surface area contributed by atoms with E-state index in [0.717, 1.165) is 13.0 Å². The molecule has 0 bridgehead atoms. The number of hydrogen-bond acceptors (Lipinski definition) is 4. The summed E-state index contributed by atoms with van der Waals surface area (Å²) in [5.41, 5.74) is 0.875. The van der Waals surface area contributed by atoms with Crippen molar-refractivity contribution in [1.29, 1.82) is 0 Å². The monoisotopic (exact) mass is 448 g/mol. The quantitative estimate of drug-likeness (QED) is 0.691. The topological polar surface area (TPSA) is 87.5 Å². The van der Waals surface area contributed by atoms with Crippen LogP contribution >= 0.6 is 11.6 Å². The summed E-state index contributed by atoms with van der Waals surface area (Å²) < 4.78 is 56.4. The third-order valence-electron chi connectivity index (χ3n) is 4.70. The number of aromatic nitrogens is 1. The van der Waals surface area contributed by atoms with Crippen LogP contribution in [0.2, 0.25) is 5.02 Å². The van der Waals surface area contributed by atoms with Crippen LogP contribution in [-0.4, -0.2) is 40.3 Å². The van der Waals surface area contributed by atoms with Crippen LogP contribution in [0, 0.1) is 5.82 Å². The van der Waals surface area contributed by atoms with Gasteiger partial charge in [-0.2, -0.15) is 13.2 Å². The minimum absolute atomic E-state index is 0.107. The van der Waals surface area contributed by atoms with Crippen molar-refractivity contribution in [3.05, 3.63) is 46.1 Å². The van der Waals surface area contributed by atoms with E-state index in [-0.39, 0.29) is 41.0 Å². The van der Waals surface area contributed by atoms with Crippen LogP contribution < -0.4 is 10.6 Å². The number of nitrogens with one attached hydrogen (secondary N) is 2. The van der Waals surface area contributed by atoms with E-state index in [4.69, 9.17) is 16.1 Å². The molecule has 7 nitrogen and oxygen atoms in total. The average molecular weight is 449 g/mol. The third-order valence-corrected chi connectivity index (χ3v) is 4.99. The average Bonchev–Trinajstić information content (AvgIpc) is 3.05. The zero-order valence-corrected chi connectivity index (χ0v) is 16.6. The van der Waals surface area contributed by atoms with Gasteiger partial charge in [0.15, 0.2) is 0 Å². The first kappa shape index (κ1) is 21.9. The van der Waals surface area contributed by atoms with Gasteiger partial charge in [0.2, 0.25) is 5.76 Å². The summed E-state index contributed by atoms with van der Waals surface area (Å²) in [7, 11) is 0. The number of rotatable bonds is 3. The first-order valence-corrected chi connectivity index (χ1v) is 9.22. The molecule has 0 saturated carbocycles. The maximum Gasteiger partial charge on any atom is 0.408 e. The molecule has 0 radical (unpaired) electrons. The lowest BCUT2D eigenvalue weighted by molar-refractivity contribution is -0.149. The van der Waals surface area contributed by atoms with Gasteiger partial charge in [0.1, 0.15) is 11.9 Å². The number of urea groups is 1. The lowest BCUT2D eigenvalue weighted by atomic mass is 10.00. The number of fused-ring (bicyclic) bond motifs is 1. The molecule has 3 amide bonds. The van der Waals surface area contributed by atoms with Gasteiger partial charge < -0.3 is 20.1 Å². The summed E-state index contributed by atoms with van der Waals surface area (Å²) in [5, 5.41) is 7.98. The van der Waals surface area contributed by atoms with Gasteiger partial charge in [-0.05, 0) is 32.0 Å². The second-order valence-corrected chi connectivity index (χ2v) is 7.32. The van der Waals surface area contributed by atoms with E-state index in [2.05, 4.69) is 10.5 Å². The van der Waals surface area contributed by atoms with Crippen LogP contribution in [0.15, 0.2) is 22.7 Å². The molecule has 162 valence electrons. The van der Waals surface area contributed by atoms with E-state index in [0.29, 0.717) is 5.69 Å². The number of carbonyl (C=O) groups excluding carboxylic acids is 2. The predicted molar refractivity (Wildman–Crippen MR) is 98.6 cm³/mol.